The van der Waals surface area contributed by atoms with Gasteiger partial charge in [0.15, 0.2) is 0 Å². The third-order valence-electron chi connectivity index (χ3n) is 5.22. The smallest absolute Gasteiger partial charge is 0.337 e. The minimum atomic E-state index is -1.05. The van der Waals surface area contributed by atoms with Crippen LogP contribution in [0.5, 0.6) is 0 Å². The van der Waals surface area contributed by atoms with Crippen LogP contribution in [0.4, 0.5) is 11.4 Å². The van der Waals surface area contributed by atoms with Gasteiger partial charge in [-0.25, -0.2) is 9.80 Å². The zero-order valence-electron chi connectivity index (χ0n) is 17.7. The van der Waals surface area contributed by atoms with Crippen LogP contribution in [0.25, 0.3) is 5.69 Å². The molecule has 0 atom stereocenters. The molecule has 32 heavy (non-hydrogen) atoms. The molecule has 0 spiro atoms. The summed E-state index contributed by atoms with van der Waals surface area (Å²) in [5.41, 5.74) is 5.57. The number of carbonyl (C=O) groups is 1. The van der Waals surface area contributed by atoms with Crippen LogP contribution in [0.2, 0.25) is 5.02 Å². The summed E-state index contributed by atoms with van der Waals surface area (Å²) in [6.07, 6.45) is 1.83. The maximum atomic E-state index is 11.5. The van der Waals surface area contributed by atoms with E-state index in [1.807, 2.05) is 102 Å². The summed E-state index contributed by atoms with van der Waals surface area (Å²) < 4.78 is 2.00. The number of aryl methyl sites for hydroxylation is 1. The van der Waals surface area contributed by atoms with E-state index in [0.717, 1.165) is 34.0 Å². The fraction of sp³-hybridized carbons (Fsp3) is 0.0769. The Balaban J connectivity index is 1.74. The molecule has 0 radical (unpaired) electrons. The molecule has 0 bridgehead atoms. The van der Waals surface area contributed by atoms with Gasteiger partial charge in [-0.2, -0.15) is 5.10 Å². The van der Waals surface area contributed by atoms with E-state index in [2.05, 4.69) is 0 Å². The highest BCUT2D eigenvalue weighted by atomic mass is 35.5. The summed E-state index contributed by atoms with van der Waals surface area (Å²) in [7, 11) is 0. The largest absolute Gasteiger partial charge is 0.478 e. The van der Waals surface area contributed by atoms with Crippen LogP contribution in [0.15, 0.2) is 90.0 Å². The first kappa shape index (κ1) is 21.4. The minimum Gasteiger partial charge on any atom is -0.478 e. The number of para-hydroxylation sites is 2. The van der Waals surface area contributed by atoms with Crippen LogP contribution < -0.4 is 5.01 Å². The zero-order valence-corrected chi connectivity index (χ0v) is 18.5. The molecule has 160 valence electrons. The molecule has 5 nitrogen and oxygen atoms in total. The predicted octanol–water partition coefficient (Wildman–Crippen LogP) is 6.62. The minimum absolute atomic E-state index is 0.0752. The van der Waals surface area contributed by atoms with Gasteiger partial charge >= 0.3 is 5.97 Å². The van der Waals surface area contributed by atoms with Crippen LogP contribution >= 0.6 is 11.6 Å². The first-order valence-electron chi connectivity index (χ1n) is 10.1. The molecule has 0 aliphatic rings. The molecule has 0 saturated heterocycles. The van der Waals surface area contributed by atoms with E-state index in [-0.39, 0.29) is 10.6 Å². The highest BCUT2D eigenvalue weighted by Crippen LogP contribution is 2.27. The Morgan fingerprint density at radius 1 is 0.938 bits per heavy atom. The van der Waals surface area contributed by atoms with Crippen molar-refractivity contribution in [3.05, 3.63) is 112 Å². The van der Waals surface area contributed by atoms with Crippen LogP contribution in [0, 0.1) is 13.8 Å². The van der Waals surface area contributed by atoms with Crippen LogP contribution in [0.3, 0.4) is 0 Å². The quantitative estimate of drug-likeness (QED) is 0.269. The number of aromatic nitrogens is 1. The van der Waals surface area contributed by atoms with E-state index < -0.39 is 5.97 Å². The number of hydrogen-bond acceptors (Lipinski definition) is 3. The molecule has 4 rings (SSSR count). The Morgan fingerprint density at radius 2 is 1.53 bits per heavy atom. The number of aromatic carboxylic acids is 1. The van der Waals surface area contributed by atoms with Crippen LogP contribution in [0.1, 0.15) is 27.3 Å². The Labute approximate surface area is 191 Å². The first-order valence-corrected chi connectivity index (χ1v) is 10.5. The standard InChI is InChI=1S/C26H22ClN3O2/c1-18-15-20(19(2)29(18)23-13-14-25(27)24(16-23)26(31)32)17-28-30(21-9-5-3-6-10-21)22-11-7-4-8-12-22/h3-17H,1-2H3,(H,31,32)/b28-17-. The summed E-state index contributed by atoms with van der Waals surface area (Å²) in [4.78, 5) is 11.5. The van der Waals surface area contributed by atoms with Crippen molar-refractivity contribution < 1.29 is 9.90 Å². The second kappa shape index (κ2) is 9.12. The Bertz CT molecular complexity index is 1240. The molecule has 0 aliphatic carbocycles. The maximum absolute atomic E-state index is 11.5. The molecule has 1 heterocycles. The molecule has 1 N–H and O–H groups in total. The van der Waals surface area contributed by atoms with Gasteiger partial charge < -0.3 is 9.67 Å². The lowest BCUT2D eigenvalue weighted by molar-refractivity contribution is 0.0697. The van der Waals surface area contributed by atoms with E-state index in [1.165, 1.54) is 0 Å². The Hall–Kier alpha value is -3.83. The molecule has 3 aromatic carbocycles. The summed E-state index contributed by atoms with van der Waals surface area (Å²) in [6, 6.07) is 26.9. The van der Waals surface area contributed by atoms with Gasteiger partial charge in [-0.3, -0.25) is 0 Å². The number of nitrogens with zero attached hydrogens (tertiary/aromatic N) is 3. The lowest BCUT2D eigenvalue weighted by atomic mass is 10.2. The van der Waals surface area contributed by atoms with Gasteiger partial charge in [0.1, 0.15) is 0 Å². The van der Waals surface area contributed by atoms with Crippen molar-refractivity contribution in [2.45, 2.75) is 13.8 Å². The fourth-order valence-electron chi connectivity index (χ4n) is 3.67. The molecule has 0 unspecified atom stereocenters. The van der Waals surface area contributed by atoms with E-state index in [1.54, 1.807) is 12.1 Å². The van der Waals surface area contributed by atoms with Crippen molar-refractivity contribution in [3.8, 4) is 5.69 Å². The third kappa shape index (κ3) is 4.29. The van der Waals surface area contributed by atoms with Crippen molar-refractivity contribution in [1.29, 1.82) is 0 Å². The average Bonchev–Trinajstić information content (AvgIpc) is 3.08. The van der Waals surface area contributed by atoms with E-state index in [9.17, 15) is 9.90 Å². The number of halogens is 1. The molecule has 0 amide bonds. The molecule has 0 aliphatic heterocycles. The van der Waals surface area contributed by atoms with Gasteiger partial charge in [0.25, 0.3) is 0 Å². The highest BCUT2D eigenvalue weighted by molar-refractivity contribution is 6.33. The number of hydrazone groups is 1. The van der Waals surface area contributed by atoms with Crippen LogP contribution in [-0.4, -0.2) is 21.9 Å². The third-order valence-corrected chi connectivity index (χ3v) is 5.55. The summed E-state index contributed by atoms with van der Waals surface area (Å²) in [5, 5.41) is 16.3. The lowest BCUT2D eigenvalue weighted by Crippen LogP contribution is -2.09. The molecule has 1 aromatic heterocycles. The molecule has 4 aromatic rings. The summed E-state index contributed by atoms with van der Waals surface area (Å²) >= 11 is 6.05. The SMILES string of the molecule is Cc1cc(/C=N\N(c2ccccc2)c2ccccc2)c(C)n1-c1ccc(Cl)c(C(=O)O)c1. The number of rotatable bonds is 6. The fourth-order valence-corrected chi connectivity index (χ4v) is 3.87. The molecule has 0 fully saturated rings. The number of benzene rings is 3. The number of carboxylic acid groups (broad SMARTS) is 1. The van der Waals surface area contributed by atoms with E-state index in [0.29, 0.717) is 0 Å². The average molecular weight is 444 g/mol. The van der Waals surface area contributed by atoms with Gasteiger partial charge in [0.2, 0.25) is 0 Å². The first-order chi connectivity index (χ1) is 15.5. The van der Waals surface area contributed by atoms with Crippen molar-refractivity contribution in [1.82, 2.24) is 4.57 Å². The van der Waals surface area contributed by atoms with Crippen molar-refractivity contribution in [2.75, 3.05) is 5.01 Å². The van der Waals surface area contributed by atoms with Crippen molar-refractivity contribution in [2.24, 2.45) is 5.10 Å². The number of anilines is 2. The maximum Gasteiger partial charge on any atom is 0.337 e. The summed E-state index contributed by atoms with van der Waals surface area (Å²) in [5.74, 6) is -1.05. The van der Waals surface area contributed by atoms with Gasteiger partial charge in [0.05, 0.1) is 28.2 Å². The zero-order chi connectivity index (χ0) is 22.7. The number of hydrogen-bond donors (Lipinski definition) is 1. The molecule has 6 heteroatoms. The summed E-state index contributed by atoms with van der Waals surface area (Å²) in [6.45, 7) is 3.96. The topological polar surface area (TPSA) is 57.8 Å². The monoisotopic (exact) mass is 443 g/mol. The van der Waals surface area contributed by atoms with Gasteiger partial charge in [0, 0.05) is 22.6 Å². The Kier molecular flexibility index (Phi) is 6.10. The van der Waals surface area contributed by atoms with E-state index >= 15 is 0 Å². The molecular formula is C26H22ClN3O2. The lowest BCUT2D eigenvalue weighted by Gasteiger charge is -2.19. The van der Waals surface area contributed by atoms with Crippen molar-refractivity contribution >= 4 is 35.2 Å². The van der Waals surface area contributed by atoms with E-state index in [4.69, 9.17) is 16.7 Å². The molecular weight excluding hydrogens is 422 g/mol. The normalized spacial score (nSPS) is 11.1. The highest BCUT2D eigenvalue weighted by Gasteiger charge is 2.15. The number of carboxylic acids is 1. The second-order valence-electron chi connectivity index (χ2n) is 7.36. The molecule has 0 saturated carbocycles. The Morgan fingerprint density at radius 3 is 2.09 bits per heavy atom. The van der Waals surface area contributed by atoms with Gasteiger partial charge in [-0.05, 0) is 62.4 Å². The second-order valence-corrected chi connectivity index (χ2v) is 7.77. The predicted molar refractivity (Wildman–Crippen MR) is 130 cm³/mol. The van der Waals surface area contributed by atoms with Gasteiger partial charge in [-0.15, -0.1) is 0 Å². The van der Waals surface area contributed by atoms with Crippen LogP contribution in [-0.2, 0) is 0 Å². The van der Waals surface area contributed by atoms with Crippen molar-refractivity contribution in [3.63, 3.8) is 0 Å². The van der Waals surface area contributed by atoms with Gasteiger partial charge in [-0.1, -0.05) is 48.0 Å².